The van der Waals surface area contributed by atoms with Crippen LogP contribution in [0.1, 0.15) is 40.7 Å². The van der Waals surface area contributed by atoms with Crippen LogP contribution in [-0.2, 0) is 4.79 Å². The number of Topliss-reactive ketones (excluding diaryl/α,β-unsaturated/α-hetero) is 1. The minimum absolute atomic E-state index is 0.113. The lowest BCUT2D eigenvalue weighted by Crippen LogP contribution is -2.37. The van der Waals surface area contributed by atoms with E-state index in [2.05, 4.69) is 0 Å². The van der Waals surface area contributed by atoms with Crippen molar-refractivity contribution >= 4 is 46.7 Å². The van der Waals surface area contributed by atoms with Gasteiger partial charge in [0, 0.05) is 18.4 Å². The van der Waals surface area contributed by atoms with Crippen LogP contribution in [0.4, 0.5) is 36.4 Å². The summed E-state index contributed by atoms with van der Waals surface area (Å²) in [6.07, 6.45) is -8.71. The number of allylic oxidation sites excluding steroid dienone is 1. The van der Waals surface area contributed by atoms with Gasteiger partial charge < -0.3 is 5.32 Å². The summed E-state index contributed by atoms with van der Waals surface area (Å²) in [5, 5.41) is 11.8. The van der Waals surface area contributed by atoms with E-state index >= 15 is 0 Å². The fraction of sp³-hybridized carbons (Fsp3) is 0.304. The first-order valence-electron chi connectivity index (χ1n) is 10.5. The number of hydrogen-bond acceptors (Lipinski definition) is 4. The molecule has 0 spiro atoms. The van der Waals surface area contributed by atoms with Gasteiger partial charge >= 0.3 is 12.4 Å². The number of halogens is 9. The Morgan fingerprint density at radius 3 is 2.16 bits per heavy atom. The van der Waals surface area contributed by atoms with Crippen LogP contribution < -0.4 is 5.32 Å². The number of hydrogen-bond donors (Lipinski definition) is 1. The summed E-state index contributed by atoms with van der Waals surface area (Å²) >= 11 is 11.2. The number of alkyl halides is 6. The average Bonchev–Trinajstić information content (AvgIpc) is 2.79. The molecule has 15 heteroatoms. The van der Waals surface area contributed by atoms with E-state index in [1.54, 1.807) is 5.32 Å². The quantitative estimate of drug-likeness (QED) is 0.109. The Bertz CT molecular complexity index is 1240. The van der Waals surface area contributed by atoms with Crippen molar-refractivity contribution in [2.75, 3.05) is 6.54 Å². The summed E-state index contributed by atoms with van der Waals surface area (Å²) in [7, 11) is 0. The minimum Gasteiger partial charge on any atom is -0.347 e. The van der Waals surface area contributed by atoms with Gasteiger partial charge in [-0.3, -0.25) is 19.7 Å². The van der Waals surface area contributed by atoms with Crippen molar-refractivity contribution in [2.24, 2.45) is 5.92 Å². The number of carbonyl (C=O) groups excluding carboxylic acids is 2. The number of carbonyl (C=O) groups is 2. The predicted octanol–water partition coefficient (Wildman–Crippen LogP) is 7.29. The molecule has 1 N–H and O–H groups in total. The molecule has 0 aliphatic rings. The van der Waals surface area contributed by atoms with Gasteiger partial charge in [-0.25, -0.2) is 4.39 Å². The van der Waals surface area contributed by atoms with Crippen molar-refractivity contribution in [1.82, 2.24) is 5.32 Å². The van der Waals surface area contributed by atoms with Crippen molar-refractivity contribution in [1.29, 1.82) is 0 Å². The first-order chi connectivity index (χ1) is 17.4. The zero-order valence-corrected chi connectivity index (χ0v) is 20.6. The molecule has 1 amide bonds. The Morgan fingerprint density at radius 2 is 1.66 bits per heavy atom. The van der Waals surface area contributed by atoms with Gasteiger partial charge in [-0.2, -0.15) is 26.3 Å². The third-order valence-corrected chi connectivity index (χ3v) is 5.67. The highest BCUT2D eigenvalue weighted by atomic mass is 35.5. The molecule has 0 bridgehead atoms. The summed E-state index contributed by atoms with van der Waals surface area (Å²) in [4.78, 5) is 34.9. The number of ketones is 1. The molecule has 0 fully saturated rings. The number of rotatable bonds is 9. The Labute approximate surface area is 220 Å². The summed E-state index contributed by atoms with van der Waals surface area (Å²) in [6, 6.07) is 4.34. The third-order valence-electron chi connectivity index (χ3n) is 5.12. The molecule has 0 radical (unpaired) electrons. The number of nitrogens with one attached hydrogen (secondary N) is 1. The molecule has 2 aromatic rings. The molecule has 0 heterocycles. The molecule has 6 nitrogen and oxygen atoms in total. The second-order valence-corrected chi connectivity index (χ2v) is 8.89. The molecule has 2 aromatic carbocycles. The highest BCUT2D eigenvalue weighted by Gasteiger charge is 2.39. The molecule has 0 aliphatic carbocycles. The zero-order valence-electron chi connectivity index (χ0n) is 19.1. The molecule has 2 unspecified atom stereocenters. The molecular weight excluding hydrogens is 572 g/mol. The van der Waals surface area contributed by atoms with Crippen molar-refractivity contribution in [3.8, 4) is 0 Å². The third kappa shape index (κ3) is 8.42. The Balaban J connectivity index is 2.32. The molecular formula is C23H17Cl2F7N2O4. The van der Waals surface area contributed by atoms with Gasteiger partial charge in [0.25, 0.3) is 5.69 Å². The normalized spacial score (nSPS) is 13.8. The minimum atomic E-state index is -4.88. The van der Waals surface area contributed by atoms with Gasteiger partial charge in [-0.05, 0) is 29.3 Å². The molecule has 0 aromatic heterocycles. The maximum Gasteiger partial charge on any atom is 0.405 e. The molecule has 0 aliphatic heterocycles. The van der Waals surface area contributed by atoms with E-state index in [1.165, 1.54) is 0 Å². The zero-order chi connectivity index (χ0) is 29.0. The fourth-order valence-electron chi connectivity index (χ4n) is 3.25. The summed E-state index contributed by atoms with van der Waals surface area (Å²) in [6.45, 7) is -0.474. The Morgan fingerprint density at radius 1 is 1.08 bits per heavy atom. The monoisotopic (exact) mass is 588 g/mol. The average molecular weight is 589 g/mol. The number of nitro benzene ring substituents is 1. The van der Waals surface area contributed by atoms with Crippen LogP contribution in [0.5, 0.6) is 0 Å². The number of benzene rings is 2. The van der Waals surface area contributed by atoms with E-state index in [-0.39, 0.29) is 5.56 Å². The van der Waals surface area contributed by atoms with Crippen LogP contribution in [0.15, 0.2) is 36.4 Å². The van der Waals surface area contributed by atoms with Gasteiger partial charge in [0.15, 0.2) is 11.6 Å². The largest absolute Gasteiger partial charge is 0.405 e. The van der Waals surface area contributed by atoms with Gasteiger partial charge in [0.2, 0.25) is 5.91 Å². The fourth-order valence-corrected chi connectivity index (χ4v) is 3.76. The summed E-state index contributed by atoms with van der Waals surface area (Å²) in [5.41, 5.74) is -1.90. The Hall–Kier alpha value is -3.19. The van der Waals surface area contributed by atoms with Crippen molar-refractivity contribution in [3.63, 3.8) is 0 Å². The van der Waals surface area contributed by atoms with Crippen LogP contribution >= 0.6 is 23.2 Å². The molecule has 2 rings (SSSR count). The predicted molar refractivity (Wildman–Crippen MR) is 125 cm³/mol. The van der Waals surface area contributed by atoms with Gasteiger partial charge in [-0.1, -0.05) is 48.3 Å². The van der Waals surface area contributed by atoms with Crippen LogP contribution in [0.3, 0.4) is 0 Å². The van der Waals surface area contributed by atoms with Crippen LogP contribution in [-0.4, -0.2) is 35.5 Å². The van der Waals surface area contributed by atoms with E-state index in [0.717, 1.165) is 43.3 Å². The number of amides is 1. The number of nitro groups is 1. The van der Waals surface area contributed by atoms with Gasteiger partial charge in [-0.15, -0.1) is 0 Å². The molecule has 206 valence electrons. The first-order valence-corrected chi connectivity index (χ1v) is 11.2. The lowest BCUT2D eigenvalue weighted by Gasteiger charge is -2.18. The number of nitrogens with zero attached hydrogens (tertiary/aromatic N) is 1. The summed E-state index contributed by atoms with van der Waals surface area (Å²) < 4.78 is 91.4. The smallest absolute Gasteiger partial charge is 0.347 e. The highest BCUT2D eigenvalue weighted by molar-refractivity contribution is 6.35. The topological polar surface area (TPSA) is 89.3 Å². The molecule has 38 heavy (non-hydrogen) atoms. The van der Waals surface area contributed by atoms with Crippen LogP contribution in [0, 0.1) is 21.8 Å². The lowest BCUT2D eigenvalue weighted by molar-refractivity contribution is -0.385. The van der Waals surface area contributed by atoms with Gasteiger partial charge in [0.05, 0.1) is 26.4 Å². The van der Waals surface area contributed by atoms with E-state index in [9.17, 15) is 50.4 Å². The van der Waals surface area contributed by atoms with E-state index < -0.39 is 86.4 Å². The Kier molecular flexibility index (Phi) is 9.89. The van der Waals surface area contributed by atoms with Crippen molar-refractivity contribution in [2.45, 2.75) is 31.6 Å². The van der Waals surface area contributed by atoms with Crippen molar-refractivity contribution < 1.29 is 45.2 Å². The first kappa shape index (κ1) is 31.0. The SMILES string of the molecule is CC(CC(=O)c1ccc(/C=C/C(c2cc(Cl)c(F)c(Cl)c2)C(F)(F)F)cc1[N+](=O)[O-])C(=O)NCC(F)(F)F. The summed E-state index contributed by atoms with van der Waals surface area (Å²) in [5.74, 6) is -6.73. The van der Waals surface area contributed by atoms with Crippen LogP contribution in [0.25, 0.3) is 6.08 Å². The highest BCUT2D eigenvalue weighted by Crippen LogP contribution is 2.39. The lowest BCUT2D eigenvalue weighted by atomic mass is 9.95. The molecule has 0 saturated carbocycles. The van der Waals surface area contributed by atoms with Gasteiger partial charge in [0.1, 0.15) is 6.54 Å². The molecule has 2 atom stereocenters. The standard InChI is InChI=1S/C23H17Cl2F7N2O4/c1-11(21(36)33-10-22(27,28)29)6-19(35)14-4-2-12(7-18(14)34(37)38)3-5-15(23(30,31)32)13-8-16(24)20(26)17(25)9-13/h2-5,7-9,11,15H,6,10H2,1H3,(H,33,36)/b5-3+. The van der Waals surface area contributed by atoms with Crippen molar-refractivity contribution in [3.05, 3.63) is 79.1 Å². The second-order valence-electron chi connectivity index (χ2n) is 8.07. The maximum absolute atomic E-state index is 13.7. The van der Waals surface area contributed by atoms with E-state index in [0.29, 0.717) is 6.08 Å². The molecule has 0 saturated heterocycles. The maximum atomic E-state index is 13.7. The van der Waals surface area contributed by atoms with Crippen LogP contribution in [0.2, 0.25) is 10.0 Å². The second kappa shape index (κ2) is 12.1. The van der Waals surface area contributed by atoms with E-state index in [4.69, 9.17) is 23.2 Å². The van der Waals surface area contributed by atoms with E-state index in [1.807, 2.05) is 0 Å².